The third-order valence-corrected chi connectivity index (χ3v) is 2.76. The predicted molar refractivity (Wildman–Crippen MR) is 78.9 cm³/mol. The highest BCUT2D eigenvalue weighted by Gasteiger charge is 2.14. The van der Waals surface area contributed by atoms with Gasteiger partial charge in [0.15, 0.2) is 11.5 Å². The first kappa shape index (κ1) is 16.6. The third-order valence-electron chi connectivity index (χ3n) is 2.76. The lowest BCUT2D eigenvalue weighted by molar-refractivity contribution is 0.107. The SMILES string of the molecule is CCOCCOc1c(OC)cc(CC(C)N)cc1OC. The molecule has 0 fully saturated rings. The second-order valence-electron chi connectivity index (χ2n) is 4.56. The van der Waals surface area contributed by atoms with Crippen molar-refractivity contribution >= 4 is 0 Å². The summed E-state index contributed by atoms with van der Waals surface area (Å²) in [6.45, 7) is 5.57. The van der Waals surface area contributed by atoms with Crippen LogP contribution in [0.2, 0.25) is 0 Å². The maximum absolute atomic E-state index is 5.83. The molecule has 2 N–H and O–H groups in total. The lowest BCUT2D eigenvalue weighted by atomic mass is 10.1. The minimum atomic E-state index is 0.0779. The van der Waals surface area contributed by atoms with Crippen molar-refractivity contribution in [2.75, 3.05) is 34.0 Å². The summed E-state index contributed by atoms with van der Waals surface area (Å²) >= 11 is 0. The van der Waals surface area contributed by atoms with Gasteiger partial charge in [-0.25, -0.2) is 0 Å². The second kappa shape index (κ2) is 8.66. The molecule has 0 saturated heterocycles. The summed E-state index contributed by atoms with van der Waals surface area (Å²) in [5.74, 6) is 1.90. The summed E-state index contributed by atoms with van der Waals surface area (Å²) in [4.78, 5) is 0. The van der Waals surface area contributed by atoms with Gasteiger partial charge < -0.3 is 24.7 Å². The van der Waals surface area contributed by atoms with E-state index in [2.05, 4.69) is 0 Å². The summed E-state index contributed by atoms with van der Waals surface area (Å²) in [7, 11) is 3.22. The van der Waals surface area contributed by atoms with Crippen LogP contribution in [-0.2, 0) is 11.2 Å². The summed E-state index contributed by atoms with van der Waals surface area (Å²) in [5.41, 5.74) is 6.89. The Balaban J connectivity index is 2.90. The molecule has 1 aromatic rings. The van der Waals surface area contributed by atoms with E-state index in [1.54, 1.807) is 14.2 Å². The van der Waals surface area contributed by atoms with E-state index < -0.39 is 0 Å². The summed E-state index contributed by atoms with van der Waals surface area (Å²) in [6.07, 6.45) is 0.756. The Morgan fingerprint density at radius 1 is 1.10 bits per heavy atom. The molecule has 0 amide bonds. The largest absolute Gasteiger partial charge is 0.493 e. The number of benzene rings is 1. The highest BCUT2D eigenvalue weighted by Crippen LogP contribution is 2.38. The van der Waals surface area contributed by atoms with E-state index in [-0.39, 0.29) is 6.04 Å². The van der Waals surface area contributed by atoms with Crippen LogP contribution >= 0.6 is 0 Å². The van der Waals surface area contributed by atoms with Gasteiger partial charge in [-0.2, -0.15) is 0 Å². The van der Waals surface area contributed by atoms with Gasteiger partial charge in [0, 0.05) is 12.6 Å². The van der Waals surface area contributed by atoms with Crippen LogP contribution in [0.5, 0.6) is 17.2 Å². The van der Waals surface area contributed by atoms with Crippen LogP contribution in [0.3, 0.4) is 0 Å². The van der Waals surface area contributed by atoms with E-state index >= 15 is 0 Å². The Morgan fingerprint density at radius 2 is 1.70 bits per heavy atom. The second-order valence-corrected chi connectivity index (χ2v) is 4.56. The Hall–Kier alpha value is -1.46. The van der Waals surface area contributed by atoms with Crippen molar-refractivity contribution in [3.05, 3.63) is 17.7 Å². The molecular formula is C15H25NO4. The lowest BCUT2D eigenvalue weighted by Gasteiger charge is -2.16. The first-order valence-corrected chi connectivity index (χ1v) is 6.83. The standard InChI is InChI=1S/C15H25NO4/c1-5-19-6-7-20-15-13(17-3)9-12(8-11(2)16)10-14(15)18-4/h9-11H,5-8,16H2,1-4H3. The molecule has 0 aromatic heterocycles. The molecule has 114 valence electrons. The van der Waals surface area contributed by atoms with Gasteiger partial charge in [0.1, 0.15) is 6.61 Å². The van der Waals surface area contributed by atoms with Gasteiger partial charge in [-0.15, -0.1) is 0 Å². The fourth-order valence-electron chi connectivity index (χ4n) is 1.91. The molecule has 0 radical (unpaired) electrons. The first-order chi connectivity index (χ1) is 9.62. The molecule has 1 atom stereocenters. The topological polar surface area (TPSA) is 62.9 Å². The van der Waals surface area contributed by atoms with Gasteiger partial charge in [-0.05, 0) is 38.0 Å². The van der Waals surface area contributed by atoms with Crippen molar-refractivity contribution < 1.29 is 18.9 Å². The summed E-state index contributed by atoms with van der Waals surface area (Å²) < 4.78 is 21.7. The molecule has 0 bridgehead atoms. The molecule has 0 heterocycles. The van der Waals surface area contributed by atoms with E-state index in [0.29, 0.717) is 37.1 Å². The molecule has 1 unspecified atom stereocenters. The number of hydrogen-bond donors (Lipinski definition) is 1. The maximum atomic E-state index is 5.83. The van der Waals surface area contributed by atoms with E-state index in [9.17, 15) is 0 Å². The Morgan fingerprint density at radius 3 is 2.15 bits per heavy atom. The summed E-state index contributed by atoms with van der Waals surface area (Å²) in [6, 6.07) is 3.94. The zero-order valence-electron chi connectivity index (χ0n) is 12.8. The zero-order valence-corrected chi connectivity index (χ0v) is 12.8. The molecule has 0 aliphatic rings. The number of rotatable bonds is 9. The maximum Gasteiger partial charge on any atom is 0.203 e. The molecule has 5 nitrogen and oxygen atoms in total. The van der Waals surface area contributed by atoms with Crippen LogP contribution < -0.4 is 19.9 Å². The molecule has 1 rings (SSSR count). The van der Waals surface area contributed by atoms with Crippen LogP contribution in [0.4, 0.5) is 0 Å². The smallest absolute Gasteiger partial charge is 0.203 e. The van der Waals surface area contributed by atoms with E-state index in [1.165, 1.54) is 0 Å². The molecule has 0 spiro atoms. The van der Waals surface area contributed by atoms with Gasteiger partial charge in [-0.1, -0.05) is 0 Å². The van der Waals surface area contributed by atoms with E-state index in [4.69, 9.17) is 24.7 Å². The van der Waals surface area contributed by atoms with Crippen LogP contribution in [0, 0.1) is 0 Å². The fraction of sp³-hybridized carbons (Fsp3) is 0.600. The van der Waals surface area contributed by atoms with Crippen molar-refractivity contribution in [1.29, 1.82) is 0 Å². The average molecular weight is 283 g/mol. The van der Waals surface area contributed by atoms with Crippen LogP contribution in [0.1, 0.15) is 19.4 Å². The Bertz CT molecular complexity index is 382. The van der Waals surface area contributed by atoms with Crippen molar-refractivity contribution in [2.45, 2.75) is 26.3 Å². The highest BCUT2D eigenvalue weighted by molar-refractivity contribution is 5.54. The molecule has 0 saturated carbocycles. The van der Waals surface area contributed by atoms with Crippen LogP contribution in [-0.4, -0.2) is 40.1 Å². The molecule has 5 heteroatoms. The molecule has 0 aliphatic heterocycles. The third kappa shape index (κ3) is 4.90. The van der Waals surface area contributed by atoms with Gasteiger partial charge in [-0.3, -0.25) is 0 Å². The minimum absolute atomic E-state index is 0.0779. The zero-order chi connectivity index (χ0) is 15.0. The van der Waals surface area contributed by atoms with Gasteiger partial charge >= 0.3 is 0 Å². The van der Waals surface area contributed by atoms with Crippen molar-refractivity contribution in [3.63, 3.8) is 0 Å². The van der Waals surface area contributed by atoms with Crippen molar-refractivity contribution in [3.8, 4) is 17.2 Å². The normalized spacial score (nSPS) is 12.1. The van der Waals surface area contributed by atoms with Crippen molar-refractivity contribution in [1.82, 2.24) is 0 Å². The van der Waals surface area contributed by atoms with Crippen molar-refractivity contribution in [2.24, 2.45) is 5.73 Å². The predicted octanol–water partition coefficient (Wildman–Crippen LogP) is 2.01. The molecule has 0 aliphatic carbocycles. The first-order valence-electron chi connectivity index (χ1n) is 6.83. The quantitative estimate of drug-likeness (QED) is 0.702. The van der Waals surface area contributed by atoms with Gasteiger partial charge in [0.25, 0.3) is 0 Å². The molecule has 20 heavy (non-hydrogen) atoms. The summed E-state index contributed by atoms with van der Waals surface area (Å²) in [5, 5.41) is 0. The number of ether oxygens (including phenoxy) is 4. The fourth-order valence-corrected chi connectivity index (χ4v) is 1.91. The van der Waals surface area contributed by atoms with Crippen LogP contribution in [0.15, 0.2) is 12.1 Å². The van der Waals surface area contributed by atoms with E-state index in [1.807, 2.05) is 26.0 Å². The molecule has 1 aromatic carbocycles. The Kier molecular flexibility index (Phi) is 7.18. The number of hydrogen-bond acceptors (Lipinski definition) is 5. The van der Waals surface area contributed by atoms with Crippen LogP contribution in [0.25, 0.3) is 0 Å². The Labute approximate surface area is 121 Å². The minimum Gasteiger partial charge on any atom is -0.493 e. The average Bonchev–Trinajstić information content (AvgIpc) is 2.43. The molecular weight excluding hydrogens is 258 g/mol. The monoisotopic (exact) mass is 283 g/mol. The lowest BCUT2D eigenvalue weighted by Crippen LogP contribution is -2.18. The van der Waals surface area contributed by atoms with E-state index in [0.717, 1.165) is 12.0 Å². The number of methoxy groups -OCH3 is 2. The number of nitrogens with two attached hydrogens (primary N) is 1. The highest BCUT2D eigenvalue weighted by atomic mass is 16.6. The van der Waals surface area contributed by atoms with Gasteiger partial charge in [0.05, 0.1) is 20.8 Å². The van der Waals surface area contributed by atoms with Gasteiger partial charge in [0.2, 0.25) is 5.75 Å².